The number of hydrogen-bond donors (Lipinski definition) is 2. The fraction of sp³-hybridized carbons (Fsp3) is 0.867. The van der Waals surface area contributed by atoms with Crippen molar-refractivity contribution < 1.29 is 9.59 Å². The van der Waals surface area contributed by atoms with Crippen LogP contribution in [0.2, 0.25) is 0 Å². The molecule has 4 nitrogen and oxygen atoms in total. The summed E-state index contributed by atoms with van der Waals surface area (Å²) in [5, 5.41) is 2.92. The van der Waals surface area contributed by atoms with Crippen molar-refractivity contribution in [1.29, 1.82) is 0 Å². The van der Waals surface area contributed by atoms with Crippen molar-refractivity contribution in [3.63, 3.8) is 0 Å². The van der Waals surface area contributed by atoms with E-state index in [2.05, 4.69) is 24.9 Å². The van der Waals surface area contributed by atoms with E-state index in [4.69, 9.17) is 0 Å². The lowest BCUT2D eigenvalue weighted by molar-refractivity contribution is -0.138. The fourth-order valence-electron chi connectivity index (χ4n) is 1.92. The number of rotatable bonds is 7. The number of carbonyl (C=O) groups excluding carboxylic acids is 2. The lowest BCUT2D eigenvalue weighted by Gasteiger charge is -2.33. The van der Waals surface area contributed by atoms with Crippen molar-refractivity contribution in [2.24, 2.45) is 11.3 Å². The average molecular weight is 302 g/mol. The second-order valence-electron chi connectivity index (χ2n) is 6.56. The Labute approximate surface area is 129 Å². The van der Waals surface area contributed by atoms with Crippen LogP contribution in [0, 0.1) is 11.3 Å². The summed E-state index contributed by atoms with van der Waals surface area (Å²) >= 11 is 4.26. The monoisotopic (exact) mass is 302 g/mol. The highest BCUT2D eigenvalue weighted by Gasteiger charge is 2.34. The summed E-state index contributed by atoms with van der Waals surface area (Å²) in [5.41, 5.74) is -0.317. The number of hydrogen-bond acceptors (Lipinski definition) is 3. The van der Waals surface area contributed by atoms with Crippen LogP contribution in [0.3, 0.4) is 0 Å². The van der Waals surface area contributed by atoms with Gasteiger partial charge in [0.05, 0.1) is 0 Å². The molecule has 0 heterocycles. The fourth-order valence-corrected chi connectivity index (χ4v) is 2.27. The quantitative estimate of drug-likeness (QED) is 0.709. The molecule has 0 aromatic heterocycles. The van der Waals surface area contributed by atoms with Gasteiger partial charge >= 0.3 is 0 Å². The van der Waals surface area contributed by atoms with Crippen molar-refractivity contribution in [1.82, 2.24) is 10.2 Å². The van der Waals surface area contributed by atoms with E-state index in [1.807, 2.05) is 20.8 Å². The Morgan fingerprint density at radius 3 is 2.15 bits per heavy atom. The normalized spacial score (nSPS) is 14.6. The first-order valence-electron chi connectivity index (χ1n) is 7.27. The van der Waals surface area contributed by atoms with Gasteiger partial charge in [0.15, 0.2) is 0 Å². The third kappa shape index (κ3) is 6.16. The zero-order chi connectivity index (χ0) is 15.9. The lowest BCUT2D eigenvalue weighted by Crippen LogP contribution is -2.54. The van der Waals surface area contributed by atoms with E-state index < -0.39 is 6.04 Å². The lowest BCUT2D eigenvalue weighted by atomic mass is 9.85. The minimum Gasteiger partial charge on any atom is -0.347 e. The molecule has 0 spiro atoms. The first-order valence-corrected chi connectivity index (χ1v) is 7.90. The van der Waals surface area contributed by atoms with Crippen LogP contribution in [0.25, 0.3) is 0 Å². The molecule has 0 bridgehead atoms. The van der Waals surface area contributed by atoms with Gasteiger partial charge in [0.2, 0.25) is 11.8 Å². The van der Waals surface area contributed by atoms with Gasteiger partial charge in [-0.1, -0.05) is 40.5 Å². The summed E-state index contributed by atoms with van der Waals surface area (Å²) in [6.07, 6.45) is 2.87. The highest BCUT2D eigenvalue weighted by molar-refractivity contribution is 7.80. The zero-order valence-corrected chi connectivity index (χ0v) is 14.6. The maximum atomic E-state index is 12.3. The molecule has 0 aliphatic heterocycles. The van der Waals surface area contributed by atoms with Crippen LogP contribution in [0.1, 0.15) is 47.0 Å². The van der Waals surface area contributed by atoms with Gasteiger partial charge in [0, 0.05) is 25.8 Å². The summed E-state index contributed by atoms with van der Waals surface area (Å²) < 4.78 is 0. The van der Waals surface area contributed by atoms with Gasteiger partial charge < -0.3 is 10.2 Å². The molecule has 0 unspecified atom stereocenters. The molecule has 1 N–H and O–H groups in total. The highest BCUT2D eigenvalue weighted by Crippen LogP contribution is 2.22. The molecule has 0 radical (unpaired) electrons. The van der Waals surface area contributed by atoms with Crippen LogP contribution in [-0.2, 0) is 9.59 Å². The Kier molecular flexibility index (Phi) is 8.25. The number of thiol groups is 1. The number of amides is 2. The summed E-state index contributed by atoms with van der Waals surface area (Å²) in [7, 11) is 3.42. The molecule has 118 valence electrons. The molecule has 0 saturated heterocycles. The van der Waals surface area contributed by atoms with E-state index in [1.54, 1.807) is 14.1 Å². The van der Waals surface area contributed by atoms with Crippen molar-refractivity contribution >= 4 is 24.4 Å². The number of nitrogens with zero attached hydrogens (tertiary/aromatic N) is 1. The topological polar surface area (TPSA) is 49.4 Å². The molecule has 2 amide bonds. The molecule has 0 aliphatic rings. The van der Waals surface area contributed by atoms with Crippen LogP contribution in [0.15, 0.2) is 0 Å². The van der Waals surface area contributed by atoms with Crippen molar-refractivity contribution in [3.8, 4) is 0 Å². The minimum atomic E-state index is -0.506. The number of unbranched alkanes of at least 4 members (excludes halogenated alkanes) is 1. The van der Waals surface area contributed by atoms with Crippen LogP contribution in [0.5, 0.6) is 0 Å². The Morgan fingerprint density at radius 2 is 1.80 bits per heavy atom. The molecule has 0 rings (SSSR count). The third-order valence-electron chi connectivity index (χ3n) is 3.34. The summed E-state index contributed by atoms with van der Waals surface area (Å²) in [6, 6.07) is -0.506. The molecule has 0 aliphatic carbocycles. The van der Waals surface area contributed by atoms with Gasteiger partial charge in [-0.25, -0.2) is 0 Å². The van der Waals surface area contributed by atoms with Crippen LogP contribution in [-0.4, -0.2) is 42.6 Å². The molecule has 0 saturated carbocycles. The molecular formula is C15H30N2O2S. The van der Waals surface area contributed by atoms with Crippen LogP contribution in [0.4, 0.5) is 0 Å². The van der Waals surface area contributed by atoms with E-state index in [0.29, 0.717) is 5.75 Å². The van der Waals surface area contributed by atoms with Gasteiger partial charge in [-0.3, -0.25) is 9.59 Å². The summed E-state index contributed by atoms with van der Waals surface area (Å²) in [6.45, 7) is 7.98. The predicted octanol–water partition coefficient (Wildman–Crippen LogP) is 2.34. The summed E-state index contributed by atoms with van der Waals surface area (Å²) in [5.74, 6) is 0.250. The maximum Gasteiger partial charge on any atom is 0.245 e. The van der Waals surface area contributed by atoms with Gasteiger partial charge in [-0.15, -0.1) is 0 Å². The SMILES string of the molecule is CCCC[C@@H](CS)C(=O)N[C@H](C(=O)N(C)C)C(C)(C)C. The second kappa shape index (κ2) is 8.55. The Morgan fingerprint density at radius 1 is 1.25 bits per heavy atom. The molecule has 0 aromatic rings. The Bertz CT molecular complexity index is 324. The molecule has 0 aromatic carbocycles. The minimum absolute atomic E-state index is 0.0661. The van der Waals surface area contributed by atoms with E-state index in [0.717, 1.165) is 19.3 Å². The molecule has 5 heteroatoms. The van der Waals surface area contributed by atoms with Crippen LogP contribution < -0.4 is 5.32 Å². The molecule has 20 heavy (non-hydrogen) atoms. The van der Waals surface area contributed by atoms with E-state index in [9.17, 15) is 9.59 Å². The van der Waals surface area contributed by atoms with E-state index in [-0.39, 0.29) is 23.1 Å². The van der Waals surface area contributed by atoms with Gasteiger partial charge in [-0.05, 0) is 11.8 Å². The van der Waals surface area contributed by atoms with Crippen molar-refractivity contribution in [2.75, 3.05) is 19.8 Å². The van der Waals surface area contributed by atoms with Gasteiger partial charge in [0.1, 0.15) is 6.04 Å². The Hall–Kier alpha value is -0.710. The Balaban J connectivity index is 4.89. The van der Waals surface area contributed by atoms with Crippen molar-refractivity contribution in [3.05, 3.63) is 0 Å². The molecular weight excluding hydrogens is 272 g/mol. The highest BCUT2D eigenvalue weighted by atomic mass is 32.1. The van der Waals surface area contributed by atoms with Gasteiger partial charge in [0.25, 0.3) is 0 Å². The van der Waals surface area contributed by atoms with E-state index >= 15 is 0 Å². The third-order valence-corrected chi connectivity index (χ3v) is 3.78. The number of carbonyl (C=O) groups is 2. The predicted molar refractivity (Wildman–Crippen MR) is 86.9 cm³/mol. The second-order valence-corrected chi connectivity index (χ2v) is 6.93. The van der Waals surface area contributed by atoms with Gasteiger partial charge in [-0.2, -0.15) is 12.6 Å². The summed E-state index contributed by atoms with van der Waals surface area (Å²) in [4.78, 5) is 26.1. The zero-order valence-electron chi connectivity index (χ0n) is 13.7. The molecule has 0 fully saturated rings. The van der Waals surface area contributed by atoms with Crippen LogP contribution >= 0.6 is 12.6 Å². The first kappa shape index (κ1) is 19.3. The van der Waals surface area contributed by atoms with E-state index in [1.165, 1.54) is 4.90 Å². The number of likely N-dealkylation sites (N-methyl/N-ethyl adjacent to an activating group) is 1. The largest absolute Gasteiger partial charge is 0.347 e. The molecule has 2 atom stereocenters. The van der Waals surface area contributed by atoms with Crippen molar-refractivity contribution in [2.45, 2.75) is 53.0 Å². The number of nitrogens with one attached hydrogen (secondary N) is 1. The standard InChI is InChI=1S/C15H30N2O2S/c1-7-8-9-11(10-20)13(18)16-12(15(2,3)4)14(19)17(5)6/h11-12,20H,7-10H2,1-6H3,(H,16,18)/t11-,12+/m0/s1. The smallest absolute Gasteiger partial charge is 0.245 e. The average Bonchev–Trinajstić information content (AvgIpc) is 2.34. The first-order chi connectivity index (χ1) is 9.15. The maximum absolute atomic E-state index is 12.3.